The van der Waals surface area contributed by atoms with Gasteiger partial charge in [0.2, 0.25) is 5.91 Å². The van der Waals surface area contributed by atoms with Crippen LogP contribution in [-0.4, -0.2) is 97.6 Å². The van der Waals surface area contributed by atoms with Gasteiger partial charge in [-0.1, -0.05) is 5.21 Å². The van der Waals surface area contributed by atoms with Crippen LogP contribution in [0, 0.1) is 5.41 Å². The van der Waals surface area contributed by atoms with Crippen LogP contribution in [0.25, 0.3) is 10.9 Å². The van der Waals surface area contributed by atoms with Gasteiger partial charge in [0, 0.05) is 66.4 Å². The second-order valence-electron chi connectivity index (χ2n) is 10.5. The third-order valence-corrected chi connectivity index (χ3v) is 10.4. The highest BCUT2D eigenvalue weighted by molar-refractivity contribution is 7.89. The number of hydrogen-bond donors (Lipinski definition) is 6. The molecular weight excluding hydrogens is 596 g/mol. The zero-order valence-corrected chi connectivity index (χ0v) is 24.8. The zero-order chi connectivity index (χ0) is 30.3. The molecule has 2 atom stereocenters. The number of amides is 2. The number of nitrogen functional groups attached to an aromatic ring is 1. The minimum Gasteiger partial charge on any atom is -0.384 e. The molecule has 0 aliphatic carbocycles. The molecule has 7 N–H and O–H groups in total. The maximum Gasteiger partial charge on any atom is 0.283 e. The van der Waals surface area contributed by atoms with Crippen molar-refractivity contribution in [2.24, 2.45) is 5.73 Å². The number of hydrogen-bond acceptors (Lipinski definition) is 11. The molecule has 226 valence electrons. The van der Waals surface area contributed by atoms with Crippen LogP contribution in [0.4, 0.5) is 0 Å². The minimum absolute atomic E-state index is 0.0275. The Labute approximate surface area is 250 Å². The number of tetrazole rings is 1. The number of aromatic amines is 2. The maximum atomic E-state index is 13.8. The van der Waals surface area contributed by atoms with Gasteiger partial charge in [-0.3, -0.25) is 15.0 Å². The molecule has 43 heavy (non-hydrogen) atoms. The van der Waals surface area contributed by atoms with Gasteiger partial charge < -0.3 is 26.3 Å². The zero-order valence-electron chi connectivity index (χ0n) is 23.1. The number of nitrogens with zero attached hydrogens (tertiary/aromatic N) is 6. The van der Waals surface area contributed by atoms with E-state index in [0.29, 0.717) is 34.4 Å². The van der Waals surface area contributed by atoms with Crippen molar-refractivity contribution in [2.75, 3.05) is 19.6 Å². The molecule has 0 saturated carbocycles. The van der Waals surface area contributed by atoms with Crippen molar-refractivity contribution >= 4 is 49.9 Å². The first kappa shape index (κ1) is 28.8. The highest BCUT2D eigenvalue weighted by atomic mass is 32.2. The van der Waals surface area contributed by atoms with E-state index in [1.54, 1.807) is 23.1 Å². The minimum atomic E-state index is -4.03. The monoisotopic (exact) mass is 626 g/mol. The maximum absolute atomic E-state index is 13.8. The van der Waals surface area contributed by atoms with Crippen LogP contribution >= 0.6 is 11.3 Å². The number of benzene rings is 1. The topological polar surface area (TPSA) is 232 Å². The van der Waals surface area contributed by atoms with Crippen LogP contribution in [0.15, 0.2) is 29.3 Å². The third kappa shape index (κ3) is 5.85. The fourth-order valence-electron chi connectivity index (χ4n) is 5.28. The molecular formula is C25H30N12O4S2. The van der Waals surface area contributed by atoms with Crippen molar-refractivity contribution in [3.63, 3.8) is 0 Å². The summed E-state index contributed by atoms with van der Waals surface area (Å²) >= 11 is 1.32. The second kappa shape index (κ2) is 11.4. The van der Waals surface area contributed by atoms with Gasteiger partial charge >= 0.3 is 0 Å². The Bertz CT molecular complexity index is 1800. The van der Waals surface area contributed by atoms with Gasteiger partial charge in [0.25, 0.3) is 15.9 Å². The van der Waals surface area contributed by atoms with Crippen LogP contribution in [0.3, 0.4) is 0 Å². The average molecular weight is 627 g/mol. The number of piperazine rings is 1. The van der Waals surface area contributed by atoms with E-state index in [9.17, 15) is 18.0 Å². The Morgan fingerprint density at radius 2 is 2.09 bits per heavy atom. The van der Waals surface area contributed by atoms with Gasteiger partial charge in [-0.15, -0.1) is 21.5 Å². The van der Waals surface area contributed by atoms with Crippen LogP contribution in [-0.2, 0) is 34.3 Å². The number of fused-ring (bicyclic) bond motifs is 2. The van der Waals surface area contributed by atoms with E-state index in [1.165, 1.54) is 21.7 Å². The lowest BCUT2D eigenvalue weighted by atomic mass is 10.1. The number of carbonyl (C=O) groups excluding carboxylic acids is 2. The van der Waals surface area contributed by atoms with E-state index >= 15 is 0 Å². The largest absolute Gasteiger partial charge is 0.384 e. The Hall–Kier alpha value is -4.26. The summed E-state index contributed by atoms with van der Waals surface area (Å²) in [6, 6.07) is 5.94. The Morgan fingerprint density at radius 1 is 1.26 bits per heavy atom. The SMILES string of the molecule is CC1Cc2nc(C(=O)N3CCN(S(=O)(=O)c4cc5cc(C(=N)N)ccc5[nH]4)CC3CC(=O)NCc3nn[nH]n3)sc2CN1. The van der Waals surface area contributed by atoms with E-state index in [-0.39, 0.29) is 61.2 Å². The molecule has 5 heterocycles. The Morgan fingerprint density at radius 3 is 2.86 bits per heavy atom. The number of aromatic nitrogens is 6. The summed E-state index contributed by atoms with van der Waals surface area (Å²) in [6.45, 7) is 2.73. The summed E-state index contributed by atoms with van der Waals surface area (Å²) in [5.41, 5.74) is 7.54. The van der Waals surface area contributed by atoms with Crippen LogP contribution in [0.5, 0.6) is 0 Å². The molecule has 1 saturated heterocycles. The molecule has 1 aromatic carbocycles. The van der Waals surface area contributed by atoms with Crippen molar-refractivity contribution in [3.8, 4) is 0 Å². The van der Waals surface area contributed by atoms with Crippen molar-refractivity contribution in [2.45, 2.75) is 50.0 Å². The summed E-state index contributed by atoms with van der Waals surface area (Å²) in [6.07, 6.45) is 0.569. The molecule has 0 radical (unpaired) electrons. The van der Waals surface area contributed by atoms with E-state index in [1.807, 2.05) is 0 Å². The van der Waals surface area contributed by atoms with Crippen LogP contribution < -0.4 is 16.4 Å². The second-order valence-corrected chi connectivity index (χ2v) is 13.5. The lowest BCUT2D eigenvalue weighted by Crippen LogP contribution is -2.57. The Balaban J connectivity index is 1.25. The highest BCUT2D eigenvalue weighted by Gasteiger charge is 2.39. The van der Waals surface area contributed by atoms with Crippen molar-refractivity contribution < 1.29 is 18.0 Å². The molecule has 2 unspecified atom stereocenters. The lowest BCUT2D eigenvalue weighted by molar-refractivity contribution is -0.122. The predicted octanol–water partition coefficient (Wildman–Crippen LogP) is -0.322. The number of carbonyl (C=O) groups is 2. The quantitative estimate of drug-likeness (QED) is 0.110. The smallest absolute Gasteiger partial charge is 0.283 e. The summed E-state index contributed by atoms with van der Waals surface area (Å²) in [4.78, 5) is 36.8. The Kier molecular flexibility index (Phi) is 7.67. The highest BCUT2D eigenvalue weighted by Crippen LogP contribution is 2.28. The number of amidine groups is 1. The summed E-state index contributed by atoms with van der Waals surface area (Å²) < 4.78 is 28.8. The first-order chi connectivity index (χ1) is 20.6. The molecule has 1 fully saturated rings. The van der Waals surface area contributed by atoms with Crippen LogP contribution in [0.2, 0.25) is 0 Å². The standard InChI is InChI=1S/C25H30N12O4S2/c1-13-6-18-19(10-28-13)42-24(31-18)25(39)37-5-4-36(12-16(37)9-21(38)29-11-20-32-34-35-33-20)43(40,41)22-8-15-7-14(23(26)27)2-3-17(15)30-22/h2-3,7-8,13,16,28,30H,4-6,9-12H2,1H3,(H3,26,27)(H,29,38)(H,32,33,34,35). The predicted molar refractivity (Wildman–Crippen MR) is 156 cm³/mol. The van der Waals surface area contributed by atoms with E-state index in [2.05, 4.69) is 48.1 Å². The first-order valence-electron chi connectivity index (χ1n) is 13.6. The van der Waals surface area contributed by atoms with Crippen molar-refractivity contribution in [1.82, 2.24) is 50.4 Å². The lowest BCUT2D eigenvalue weighted by Gasteiger charge is -2.40. The molecule has 0 bridgehead atoms. The summed E-state index contributed by atoms with van der Waals surface area (Å²) in [5.74, 6) is -0.564. The van der Waals surface area contributed by atoms with Crippen molar-refractivity contribution in [3.05, 3.63) is 51.2 Å². The molecule has 2 aliphatic rings. The molecule has 6 rings (SSSR count). The average Bonchev–Trinajstić information content (AvgIpc) is 3.75. The summed E-state index contributed by atoms with van der Waals surface area (Å²) in [7, 11) is -4.03. The van der Waals surface area contributed by atoms with E-state index < -0.39 is 22.0 Å². The molecule has 2 aliphatic heterocycles. The number of H-pyrrole nitrogens is 2. The van der Waals surface area contributed by atoms with Gasteiger partial charge in [-0.05, 0) is 31.2 Å². The van der Waals surface area contributed by atoms with Crippen molar-refractivity contribution in [1.29, 1.82) is 5.41 Å². The molecule has 3 aromatic heterocycles. The molecule has 0 spiro atoms. The van der Waals surface area contributed by atoms with E-state index in [4.69, 9.17) is 11.1 Å². The van der Waals surface area contributed by atoms with Gasteiger partial charge in [-0.25, -0.2) is 13.4 Å². The molecule has 2 amide bonds. The molecule has 18 heteroatoms. The number of sulfonamides is 1. The van der Waals surface area contributed by atoms with E-state index in [0.717, 1.165) is 10.6 Å². The van der Waals surface area contributed by atoms with Gasteiger partial charge in [-0.2, -0.15) is 9.52 Å². The normalized spacial score (nSPS) is 19.3. The fraction of sp³-hybridized carbons (Fsp3) is 0.400. The fourth-order valence-corrected chi connectivity index (χ4v) is 7.76. The van der Waals surface area contributed by atoms with Gasteiger partial charge in [0.15, 0.2) is 10.8 Å². The van der Waals surface area contributed by atoms with Gasteiger partial charge in [0.05, 0.1) is 18.3 Å². The number of nitrogens with two attached hydrogens (primary N) is 1. The number of thiazole rings is 1. The summed E-state index contributed by atoms with van der Waals surface area (Å²) in [5, 5.41) is 28.1. The third-order valence-electron chi connectivity index (χ3n) is 7.56. The number of nitrogens with one attached hydrogen (secondary N) is 5. The first-order valence-corrected chi connectivity index (χ1v) is 15.8. The number of rotatable bonds is 8. The molecule has 4 aromatic rings. The van der Waals surface area contributed by atoms with Gasteiger partial charge in [0.1, 0.15) is 10.9 Å². The van der Waals surface area contributed by atoms with Crippen LogP contribution in [0.1, 0.15) is 45.1 Å². The molecule has 16 nitrogen and oxygen atoms in total.